The molecule has 0 atom stereocenters. The van der Waals surface area contributed by atoms with Crippen LogP contribution in [0.25, 0.3) is 17.1 Å². The highest BCUT2D eigenvalue weighted by atomic mass is 16.5. The quantitative estimate of drug-likeness (QED) is 0.583. The number of hydrogen-bond acceptors (Lipinski definition) is 7. The number of amides is 1. The van der Waals surface area contributed by atoms with E-state index in [2.05, 4.69) is 30.6 Å². The number of fused-ring (bicyclic) bond motifs is 1. The van der Waals surface area contributed by atoms with E-state index in [-0.39, 0.29) is 12.5 Å². The van der Waals surface area contributed by atoms with E-state index in [1.165, 1.54) is 0 Å². The molecule has 0 aliphatic rings. The standard InChI is InChI=1S/C17H15N7O2/c1-2-13-20-17(26-23-13)12-5-8-24-14(9-12)21-22-15(24)10-19-16(25)11-3-6-18-7-4-11/h3-9H,2,10H2,1H3,(H,19,25). The molecule has 0 aliphatic heterocycles. The maximum Gasteiger partial charge on any atom is 0.258 e. The molecule has 0 aliphatic carbocycles. The Kier molecular flexibility index (Phi) is 4.10. The molecule has 0 bridgehead atoms. The van der Waals surface area contributed by atoms with Crippen LogP contribution >= 0.6 is 0 Å². The summed E-state index contributed by atoms with van der Waals surface area (Å²) < 4.78 is 7.04. The van der Waals surface area contributed by atoms with E-state index in [0.29, 0.717) is 35.2 Å². The van der Waals surface area contributed by atoms with Crippen LogP contribution in [0.5, 0.6) is 0 Å². The van der Waals surface area contributed by atoms with E-state index in [4.69, 9.17) is 4.52 Å². The van der Waals surface area contributed by atoms with Crippen LogP contribution in [-0.2, 0) is 13.0 Å². The molecule has 1 N–H and O–H groups in total. The minimum absolute atomic E-state index is 0.196. The lowest BCUT2D eigenvalue weighted by Gasteiger charge is -2.04. The van der Waals surface area contributed by atoms with Crippen molar-refractivity contribution in [2.45, 2.75) is 19.9 Å². The lowest BCUT2D eigenvalue weighted by Crippen LogP contribution is -2.23. The van der Waals surface area contributed by atoms with E-state index in [1.54, 1.807) is 28.9 Å². The van der Waals surface area contributed by atoms with Crippen LogP contribution < -0.4 is 5.32 Å². The van der Waals surface area contributed by atoms with E-state index < -0.39 is 0 Å². The lowest BCUT2D eigenvalue weighted by atomic mass is 10.2. The largest absolute Gasteiger partial charge is 0.345 e. The fourth-order valence-electron chi connectivity index (χ4n) is 2.47. The second-order valence-electron chi connectivity index (χ2n) is 5.55. The minimum atomic E-state index is -0.196. The molecule has 130 valence electrons. The van der Waals surface area contributed by atoms with Crippen LogP contribution in [0.2, 0.25) is 0 Å². The van der Waals surface area contributed by atoms with Gasteiger partial charge in [0.05, 0.1) is 6.54 Å². The molecule has 4 aromatic rings. The molecule has 0 saturated heterocycles. The normalized spacial score (nSPS) is 11.0. The first-order valence-corrected chi connectivity index (χ1v) is 8.09. The summed E-state index contributed by atoms with van der Waals surface area (Å²) in [6.07, 6.45) is 5.67. The van der Waals surface area contributed by atoms with Gasteiger partial charge in [-0.15, -0.1) is 10.2 Å². The first-order valence-electron chi connectivity index (χ1n) is 8.09. The second kappa shape index (κ2) is 6.71. The average molecular weight is 349 g/mol. The average Bonchev–Trinajstić information content (AvgIpc) is 3.33. The van der Waals surface area contributed by atoms with Crippen molar-refractivity contribution in [2.75, 3.05) is 0 Å². The molecular formula is C17H15N7O2. The fourth-order valence-corrected chi connectivity index (χ4v) is 2.47. The zero-order valence-corrected chi connectivity index (χ0v) is 14.0. The molecule has 0 radical (unpaired) electrons. The monoisotopic (exact) mass is 349 g/mol. The van der Waals surface area contributed by atoms with Crippen molar-refractivity contribution in [2.24, 2.45) is 0 Å². The van der Waals surface area contributed by atoms with Crippen molar-refractivity contribution in [3.05, 3.63) is 60.1 Å². The number of aromatic nitrogens is 6. The maximum atomic E-state index is 12.1. The van der Waals surface area contributed by atoms with Gasteiger partial charge in [-0.2, -0.15) is 4.98 Å². The van der Waals surface area contributed by atoms with Crippen LogP contribution in [-0.4, -0.2) is 35.6 Å². The molecule has 1 amide bonds. The molecule has 0 aromatic carbocycles. The van der Waals surface area contributed by atoms with Gasteiger partial charge in [0, 0.05) is 36.1 Å². The Morgan fingerprint density at radius 1 is 1.23 bits per heavy atom. The van der Waals surface area contributed by atoms with Gasteiger partial charge in [0.2, 0.25) is 0 Å². The summed E-state index contributed by atoms with van der Waals surface area (Å²) in [6.45, 7) is 2.21. The summed E-state index contributed by atoms with van der Waals surface area (Å²) in [5, 5.41) is 15.0. The molecule has 4 heterocycles. The van der Waals surface area contributed by atoms with Gasteiger partial charge in [-0.25, -0.2) is 0 Å². The number of nitrogens with zero attached hydrogens (tertiary/aromatic N) is 6. The highest BCUT2D eigenvalue weighted by molar-refractivity contribution is 5.93. The topological polar surface area (TPSA) is 111 Å². The van der Waals surface area contributed by atoms with Gasteiger partial charge >= 0.3 is 0 Å². The number of carbonyl (C=O) groups is 1. The predicted molar refractivity (Wildman–Crippen MR) is 91.1 cm³/mol. The van der Waals surface area contributed by atoms with Crippen molar-refractivity contribution in [1.29, 1.82) is 0 Å². The summed E-state index contributed by atoms with van der Waals surface area (Å²) in [6, 6.07) is 6.96. The molecule has 0 spiro atoms. The van der Waals surface area contributed by atoms with Crippen LogP contribution in [0.4, 0.5) is 0 Å². The maximum absolute atomic E-state index is 12.1. The molecule has 0 unspecified atom stereocenters. The van der Waals surface area contributed by atoms with E-state index in [1.807, 2.05) is 25.3 Å². The number of hydrogen-bond donors (Lipinski definition) is 1. The summed E-state index contributed by atoms with van der Waals surface area (Å²) in [7, 11) is 0. The Morgan fingerprint density at radius 3 is 2.85 bits per heavy atom. The van der Waals surface area contributed by atoms with E-state index >= 15 is 0 Å². The van der Waals surface area contributed by atoms with Gasteiger partial charge in [-0.3, -0.25) is 14.2 Å². The molecular weight excluding hydrogens is 334 g/mol. The third kappa shape index (κ3) is 3.02. The molecule has 0 saturated carbocycles. The van der Waals surface area contributed by atoms with Crippen molar-refractivity contribution in [3.63, 3.8) is 0 Å². The van der Waals surface area contributed by atoms with Crippen LogP contribution in [0, 0.1) is 0 Å². The summed E-state index contributed by atoms with van der Waals surface area (Å²) in [5.41, 5.74) is 1.94. The summed E-state index contributed by atoms with van der Waals surface area (Å²) >= 11 is 0. The predicted octanol–water partition coefficient (Wildman–Crippen LogP) is 1.67. The molecule has 9 heteroatoms. The van der Waals surface area contributed by atoms with Crippen LogP contribution in [0.1, 0.15) is 28.9 Å². The molecule has 0 fully saturated rings. The van der Waals surface area contributed by atoms with Crippen molar-refractivity contribution >= 4 is 11.6 Å². The molecule has 9 nitrogen and oxygen atoms in total. The summed E-state index contributed by atoms with van der Waals surface area (Å²) in [5.74, 6) is 1.52. The van der Waals surface area contributed by atoms with Crippen LogP contribution in [0.15, 0.2) is 47.4 Å². The Labute approximate surface area is 148 Å². The first-order chi connectivity index (χ1) is 12.7. The first kappa shape index (κ1) is 15.9. The number of pyridine rings is 2. The zero-order valence-electron chi connectivity index (χ0n) is 14.0. The number of rotatable bonds is 5. The van der Waals surface area contributed by atoms with Gasteiger partial charge in [0.1, 0.15) is 0 Å². The van der Waals surface area contributed by atoms with Crippen molar-refractivity contribution in [3.8, 4) is 11.5 Å². The zero-order chi connectivity index (χ0) is 17.9. The fraction of sp³-hybridized carbons (Fsp3) is 0.176. The van der Waals surface area contributed by atoms with Crippen molar-refractivity contribution in [1.82, 2.24) is 35.0 Å². The van der Waals surface area contributed by atoms with E-state index in [0.717, 1.165) is 5.56 Å². The smallest absolute Gasteiger partial charge is 0.258 e. The molecule has 26 heavy (non-hydrogen) atoms. The lowest BCUT2D eigenvalue weighted by molar-refractivity contribution is 0.0949. The number of aryl methyl sites for hydroxylation is 1. The highest BCUT2D eigenvalue weighted by Crippen LogP contribution is 2.19. The SMILES string of the molecule is CCc1noc(-c2ccn3c(CNC(=O)c4ccncc4)nnc3c2)n1. The number of carbonyl (C=O) groups excluding carboxylic acids is 1. The Hall–Kier alpha value is -3.62. The Morgan fingerprint density at radius 2 is 2.08 bits per heavy atom. The Balaban J connectivity index is 1.53. The van der Waals surface area contributed by atoms with Crippen molar-refractivity contribution < 1.29 is 9.32 Å². The van der Waals surface area contributed by atoms with Crippen LogP contribution in [0.3, 0.4) is 0 Å². The Bertz CT molecular complexity index is 1060. The molecule has 4 aromatic heterocycles. The van der Waals surface area contributed by atoms with E-state index in [9.17, 15) is 4.79 Å². The third-order valence-electron chi connectivity index (χ3n) is 3.86. The van der Waals surface area contributed by atoms with Gasteiger partial charge in [-0.05, 0) is 24.3 Å². The molecule has 4 rings (SSSR count). The second-order valence-corrected chi connectivity index (χ2v) is 5.55. The third-order valence-corrected chi connectivity index (χ3v) is 3.86. The summed E-state index contributed by atoms with van der Waals surface area (Å²) in [4.78, 5) is 20.3. The van der Waals surface area contributed by atoms with Gasteiger partial charge in [0.15, 0.2) is 17.3 Å². The van der Waals surface area contributed by atoms with Gasteiger partial charge in [0.25, 0.3) is 11.8 Å². The minimum Gasteiger partial charge on any atom is -0.345 e. The van der Waals surface area contributed by atoms with Gasteiger partial charge < -0.3 is 9.84 Å². The number of nitrogens with one attached hydrogen (secondary N) is 1. The highest BCUT2D eigenvalue weighted by Gasteiger charge is 2.12. The van der Waals surface area contributed by atoms with Gasteiger partial charge in [-0.1, -0.05) is 12.1 Å².